The van der Waals surface area contributed by atoms with Gasteiger partial charge in [-0.2, -0.15) is 0 Å². The van der Waals surface area contributed by atoms with Gasteiger partial charge in [-0.05, 0) is 14.0 Å². The van der Waals surface area contributed by atoms with Gasteiger partial charge in [0.15, 0.2) is 6.10 Å². The van der Waals surface area contributed by atoms with Crippen LogP contribution >= 0.6 is 0 Å². The Morgan fingerprint density at radius 2 is 2.07 bits per heavy atom. The topological polar surface area (TPSA) is 99.2 Å². The molecule has 8 nitrogen and oxygen atoms in total. The summed E-state index contributed by atoms with van der Waals surface area (Å²) < 4.78 is 16.1. The first-order valence-corrected chi connectivity index (χ1v) is 9.42. The van der Waals surface area contributed by atoms with Crippen LogP contribution < -0.4 is 0 Å². The average molecular weight is 405 g/mol. The minimum absolute atomic E-state index is 0.0676. The fourth-order valence-corrected chi connectivity index (χ4v) is 3.13. The van der Waals surface area contributed by atoms with Gasteiger partial charge < -0.3 is 19.1 Å². The lowest BCUT2D eigenvalue weighted by Gasteiger charge is -2.32. The molecular weight excluding hydrogens is 378 g/mol. The molecule has 2 aliphatic rings. The maximum absolute atomic E-state index is 12.9. The van der Waals surface area contributed by atoms with Gasteiger partial charge in [-0.3, -0.25) is 9.59 Å². The van der Waals surface area contributed by atoms with Crippen molar-refractivity contribution in [3.63, 3.8) is 0 Å². The Labute approximate surface area is 170 Å². The van der Waals surface area contributed by atoms with E-state index in [0.717, 1.165) is 0 Å². The quantitative estimate of drug-likeness (QED) is 0.502. The van der Waals surface area contributed by atoms with Crippen molar-refractivity contribution in [3.8, 4) is 0 Å². The molecule has 2 rings (SSSR count). The zero-order valence-corrected chi connectivity index (χ0v) is 17.2. The van der Waals surface area contributed by atoms with Crippen molar-refractivity contribution in [2.45, 2.75) is 38.9 Å². The van der Waals surface area contributed by atoms with Crippen molar-refractivity contribution in [1.82, 2.24) is 4.90 Å². The highest BCUT2D eigenvalue weighted by Crippen LogP contribution is 2.28. The molecule has 0 aromatic heterocycles. The Balaban J connectivity index is 2.54. The van der Waals surface area contributed by atoms with E-state index in [4.69, 9.17) is 14.2 Å². The summed E-state index contributed by atoms with van der Waals surface area (Å²) in [5, 5.41) is 0. The van der Waals surface area contributed by atoms with Crippen molar-refractivity contribution in [1.29, 1.82) is 0 Å². The van der Waals surface area contributed by atoms with Gasteiger partial charge in [0.1, 0.15) is 6.61 Å². The van der Waals surface area contributed by atoms with Gasteiger partial charge in [0, 0.05) is 37.9 Å². The molecule has 0 aliphatic carbocycles. The average Bonchev–Trinajstić information content (AvgIpc) is 2.65. The number of cyclic esters (lactones) is 1. The van der Waals surface area contributed by atoms with Gasteiger partial charge in [0.25, 0.3) is 0 Å². The molecule has 158 valence electrons. The first-order chi connectivity index (χ1) is 13.6. The number of ether oxygens (including phenoxy) is 3. The molecule has 0 aromatic rings. The number of rotatable bonds is 2. The van der Waals surface area contributed by atoms with Crippen LogP contribution in [0.1, 0.15) is 27.2 Å². The number of Topliss-reactive ketones (excluding diaryl/α,β-unsaturated/α-hetero) is 1. The highest BCUT2D eigenvalue weighted by molar-refractivity contribution is 6.02. The van der Waals surface area contributed by atoms with E-state index in [0.29, 0.717) is 19.5 Å². The molecular formula is C21H27NO7. The monoisotopic (exact) mass is 405 g/mol. The summed E-state index contributed by atoms with van der Waals surface area (Å²) in [6.45, 7) is 8.54. The van der Waals surface area contributed by atoms with Crippen LogP contribution in [0.4, 0.5) is 0 Å². The lowest BCUT2D eigenvalue weighted by atomic mass is 9.88. The maximum Gasteiger partial charge on any atom is 0.351 e. The molecule has 3 atom stereocenters. The highest BCUT2D eigenvalue weighted by atomic mass is 16.6. The molecule has 8 heteroatoms. The number of hydrogen-bond donors (Lipinski definition) is 0. The molecule has 0 saturated carbocycles. The summed E-state index contributed by atoms with van der Waals surface area (Å²) in [6.07, 6.45) is 3.68. The van der Waals surface area contributed by atoms with Gasteiger partial charge in [-0.15, -0.1) is 0 Å². The molecule has 0 unspecified atom stereocenters. The van der Waals surface area contributed by atoms with Crippen LogP contribution in [-0.2, 0) is 33.4 Å². The summed E-state index contributed by atoms with van der Waals surface area (Å²) >= 11 is 0. The number of hydrogen-bond acceptors (Lipinski definition) is 8. The number of carbonyl (C=O) groups is 4. The molecule has 0 N–H and O–H groups in total. The molecule has 2 aliphatic heterocycles. The van der Waals surface area contributed by atoms with Gasteiger partial charge in [0.2, 0.25) is 11.4 Å². The summed E-state index contributed by atoms with van der Waals surface area (Å²) in [7, 11) is 1.87. The normalized spacial score (nSPS) is 31.4. The Morgan fingerprint density at radius 3 is 2.69 bits per heavy atom. The molecule has 0 amide bonds. The van der Waals surface area contributed by atoms with E-state index in [9.17, 15) is 19.2 Å². The van der Waals surface area contributed by atoms with Crippen LogP contribution in [0.2, 0.25) is 0 Å². The third kappa shape index (κ3) is 5.20. The summed E-state index contributed by atoms with van der Waals surface area (Å²) in [4.78, 5) is 52.0. The van der Waals surface area contributed by atoms with Crippen molar-refractivity contribution in [3.05, 3.63) is 36.0 Å². The smallest absolute Gasteiger partial charge is 0.351 e. The Bertz CT molecular complexity index is 782. The van der Waals surface area contributed by atoms with E-state index in [2.05, 4.69) is 6.58 Å². The highest BCUT2D eigenvalue weighted by Gasteiger charge is 2.44. The predicted molar refractivity (Wildman–Crippen MR) is 104 cm³/mol. The van der Waals surface area contributed by atoms with Gasteiger partial charge in [-0.25, -0.2) is 9.59 Å². The first-order valence-electron chi connectivity index (χ1n) is 9.42. The summed E-state index contributed by atoms with van der Waals surface area (Å²) in [5.74, 6) is -3.35. The number of fused-ring (bicyclic) bond motifs is 2. The largest absolute Gasteiger partial charge is 0.458 e. The van der Waals surface area contributed by atoms with Crippen LogP contribution in [0, 0.1) is 5.92 Å². The third-order valence-corrected chi connectivity index (χ3v) is 5.15. The van der Waals surface area contributed by atoms with Crippen LogP contribution in [0.3, 0.4) is 0 Å². The lowest BCUT2D eigenvalue weighted by Crippen LogP contribution is -2.47. The molecule has 2 bridgehead atoms. The summed E-state index contributed by atoms with van der Waals surface area (Å²) in [6, 6.07) is 0. The Morgan fingerprint density at radius 1 is 1.38 bits per heavy atom. The third-order valence-electron chi connectivity index (χ3n) is 5.15. The van der Waals surface area contributed by atoms with E-state index in [1.165, 1.54) is 26.0 Å². The second kappa shape index (κ2) is 9.17. The fraction of sp³-hybridized carbons (Fsp3) is 0.524. The number of ketones is 1. The Kier molecular flexibility index (Phi) is 7.13. The first kappa shape index (κ1) is 22.5. The van der Waals surface area contributed by atoms with Crippen molar-refractivity contribution in [2.24, 2.45) is 5.92 Å². The molecule has 0 spiro atoms. The zero-order valence-electron chi connectivity index (χ0n) is 17.2. The van der Waals surface area contributed by atoms with E-state index in [-0.39, 0.29) is 17.8 Å². The minimum atomic E-state index is -1.69. The van der Waals surface area contributed by atoms with E-state index in [1.54, 1.807) is 13.0 Å². The zero-order chi connectivity index (χ0) is 21.8. The molecule has 2 heterocycles. The second-order valence-corrected chi connectivity index (χ2v) is 7.43. The fourth-order valence-electron chi connectivity index (χ4n) is 3.13. The van der Waals surface area contributed by atoms with Crippen molar-refractivity contribution in [2.75, 3.05) is 26.7 Å². The van der Waals surface area contributed by atoms with Gasteiger partial charge in [-0.1, -0.05) is 31.7 Å². The number of esters is 3. The van der Waals surface area contributed by atoms with Crippen molar-refractivity contribution >= 4 is 23.7 Å². The molecule has 0 aromatic carbocycles. The number of carbonyl (C=O) groups excluding carboxylic acids is 4. The molecule has 0 radical (unpaired) electrons. The van der Waals surface area contributed by atoms with E-state index >= 15 is 0 Å². The SMILES string of the molecule is C=C/C1=C/[C@@H](C)[C@](C)(OC(C)=O)C(=O)OCC2=CCN(C)CC[C@@H](OC1=O)C2=O. The number of nitrogens with zero attached hydrogens (tertiary/aromatic N) is 1. The van der Waals surface area contributed by atoms with Crippen molar-refractivity contribution < 1.29 is 33.4 Å². The maximum atomic E-state index is 12.9. The van der Waals surface area contributed by atoms with Crippen LogP contribution in [-0.4, -0.2) is 67.0 Å². The van der Waals surface area contributed by atoms with E-state index < -0.39 is 41.3 Å². The summed E-state index contributed by atoms with van der Waals surface area (Å²) in [5.41, 5.74) is -1.40. The Hall–Kier alpha value is -2.74. The van der Waals surface area contributed by atoms with Crippen LogP contribution in [0.15, 0.2) is 36.0 Å². The van der Waals surface area contributed by atoms with E-state index in [1.807, 2.05) is 11.9 Å². The molecule has 0 fully saturated rings. The molecule has 29 heavy (non-hydrogen) atoms. The van der Waals surface area contributed by atoms with Gasteiger partial charge in [0.05, 0.1) is 5.57 Å². The number of likely N-dealkylation sites (N-methyl/N-ethyl adjacent to an activating group) is 1. The second-order valence-electron chi connectivity index (χ2n) is 7.43. The van der Waals surface area contributed by atoms with Crippen LogP contribution in [0.25, 0.3) is 0 Å². The lowest BCUT2D eigenvalue weighted by molar-refractivity contribution is -0.183. The van der Waals surface area contributed by atoms with Crippen LogP contribution in [0.5, 0.6) is 0 Å². The minimum Gasteiger partial charge on any atom is -0.458 e. The molecule has 0 saturated heterocycles. The van der Waals surface area contributed by atoms with Gasteiger partial charge >= 0.3 is 17.9 Å². The predicted octanol–water partition coefficient (Wildman–Crippen LogP) is 1.36. The standard InChI is InChI=1S/C21H27NO7/c1-6-15-11-13(2)21(4,29-14(3)23)20(26)27-12-16-7-9-22(5)10-8-17(18(16)24)28-19(15)25/h6-7,11,13,17H,1,8-10,12H2,2-5H3/b15-11-,16-7?/t13-,17-,21+/m1/s1.